The van der Waals surface area contributed by atoms with Crippen molar-refractivity contribution in [1.29, 1.82) is 0 Å². The molecule has 3 aromatic rings. The zero-order chi connectivity index (χ0) is 14.7. The van der Waals surface area contributed by atoms with Gasteiger partial charge in [0.2, 0.25) is 0 Å². The smallest absolute Gasteiger partial charge is 0.276 e. The standard InChI is InChI=1S/C14H11ClN2O2S2/c15-10-4-1-3-9(7-10)11(18)8-21-14-17-16-13(19-14)12-5-2-6-20-12/h1-7,11,18H,8H2. The Morgan fingerprint density at radius 1 is 1.29 bits per heavy atom. The monoisotopic (exact) mass is 338 g/mol. The van der Waals surface area contributed by atoms with Crippen molar-refractivity contribution in [2.75, 3.05) is 5.75 Å². The van der Waals surface area contributed by atoms with Crippen molar-refractivity contribution in [2.24, 2.45) is 0 Å². The third kappa shape index (κ3) is 3.65. The number of hydrogen-bond acceptors (Lipinski definition) is 6. The topological polar surface area (TPSA) is 59.2 Å². The maximum Gasteiger partial charge on any atom is 0.276 e. The summed E-state index contributed by atoms with van der Waals surface area (Å²) in [6.45, 7) is 0. The van der Waals surface area contributed by atoms with Crippen LogP contribution in [0.3, 0.4) is 0 Å². The highest BCUT2D eigenvalue weighted by Gasteiger charge is 2.13. The van der Waals surface area contributed by atoms with Crippen molar-refractivity contribution in [3.8, 4) is 10.8 Å². The van der Waals surface area contributed by atoms with Gasteiger partial charge in [0.05, 0.1) is 11.0 Å². The number of aliphatic hydroxyl groups is 1. The number of nitrogens with zero attached hydrogens (tertiary/aromatic N) is 2. The Kier molecular flexibility index (Phi) is 4.60. The molecule has 1 N–H and O–H groups in total. The molecule has 0 saturated heterocycles. The molecule has 0 saturated carbocycles. The highest BCUT2D eigenvalue weighted by Crippen LogP contribution is 2.29. The fraction of sp³-hybridized carbons (Fsp3) is 0.143. The zero-order valence-corrected chi connectivity index (χ0v) is 13.2. The Bertz CT molecular complexity index is 715. The molecule has 0 spiro atoms. The molecule has 0 aliphatic carbocycles. The highest BCUT2D eigenvalue weighted by atomic mass is 35.5. The maximum absolute atomic E-state index is 10.1. The van der Waals surface area contributed by atoms with Gasteiger partial charge in [-0.3, -0.25) is 0 Å². The highest BCUT2D eigenvalue weighted by molar-refractivity contribution is 7.99. The van der Waals surface area contributed by atoms with Crippen molar-refractivity contribution in [2.45, 2.75) is 11.3 Å². The van der Waals surface area contributed by atoms with Gasteiger partial charge in [0.1, 0.15) is 0 Å². The first-order valence-corrected chi connectivity index (χ1v) is 8.40. The summed E-state index contributed by atoms with van der Waals surface area (Å²) in [6, 6.07) is 11.0. The number of halogens is 1. The first-order chi connectivity index (χ1) is 10.2. The summed E-state index contributed by atoms with van der Waals surface area (Å²) < 4.78 is 5.55. The second-order valence-electron chi connectivity index (χ2n) is 4.23. The van der Waals surface area contributed by atoms with Gasteiger partial charge in [-0.1, -0.05) is 41.6 Å². The van der Waals surface area contributed by atoms with Gasteiger partial charge in [-0.2, -0.15) is 0 Å². The van der Waals surface area contributed by atoms with Crippen molar-refractivity contribution >= 4 is 34.7 Å². The average Bonchev–Trinajstić information content (AvgIpc) is 3.15. The maximum atomic E-state index is 10.1. The van der Waals surface area contributed by atoms with Gasteiger partial charge in [0.15, 0.2) is 0 Å². The molecule has 3 rings (SSSR count). The van der Waals surface area contributed by atoms with E-state index < -0.39 is 6.10 Å². The molecule has 0 amide bonds. The molecular formula is C14H11ClN2O2S2. The van der Waals surface area contributed by atoms with Gasteiger partial charge in [-0.05, 0) is 29.1 Å². The summed E-state index contributed by atoms with van der Waals surface area (Å²) in [7, 11) is 0. The Balaban J connectivity index is 1.63. The molecule has 0 aliphatic rings. The fourth-order valence-corrected chi connectivity index (χ4v) is 3.30. The summed E-state index contributed by atoms with van der Waals surface area (Å²) in [5.41, 5.74) is 0.771. The lowest BCUT2D eigenvalue weighted by Crippen LogP contribution is -2.00. The van der Waals surface area contributed by atoms with Crippen LogP contribution in [0.15, 0.2) is 51.4 Å². The van der Waals surface area contributed by atoms with Crippen LogP contribution in [-0.4, -0.2) is 21.1 Å². The molecule has 21 heavy (non-hydrogen) atoms. The normalized spacial score (nSPS) is 12.5. The van der Waals surface area contributed by atoms with Gasteiger partial charge < -0.3 is 9.52 Å². The number of hydrogen-bond donors (Lipinski definition) is 1. The first kappa shape index (κ1) is 14.6. The van der Waals surface area contributed by atoms with Gasteiger partial charge in [0.25, 0.3) is 11.1 Å². The van der Waals surface area contributed by atoms with Crippen LogP contribution in [0, 0.1) is 0 Å². The van der Waals surface area contributed by atoms with Crippen LogP contribution in [0.4, 0.5) is 0 Å². The summed E-state index contributed by atoms with van der Waals surface area (Å²) in [5.74, 6) is 0.927. The van der Waals surface area contributed by atoms with Crippen molar-refractivity contribution in [3.05, 3.63) is 52.4 Å². The zero-order valence-electron chi connectivity index (χ0n) is 10.8. The van der Waals surface area contributed by atoms with Gasteiger partial charge in [-0.15, -0.1) is 21.5 Å². The molecule has 1 unspecified atom stereocenters. The second kappa shape index (κ2) is 6.62. The molecule has 108 valence electrons. The molecule has 2 aromatic heterocycles. The van der Waals surface area contributed by atoms with Gasteiger partial charge in [-0.25, -0.2) is 0 Å². The van der Waals surface area contributed by atoms with Crippen LogP contribution in [0.1, 0.15) is 11.7 Å². The van der Waals surface area contributed by atoms with E-state index in [0.29, 0.717) is 21.9 Å². The number of thiophene rings is 1. The van der Waals surface area contributed by atoms with E-state index in [9.17, 15) is 5.11 Å². The molecule has 2 heterocycles. The van der Waals surface area contributed by atoms with Crippen molar-refractivity contribution < 1.29 is 9.52 Å². The molecule has 0 radical (unpaired) electrons. The summed E-state index contributed by atoms with van der Waals surface area (Å²) in [5, 5.41) is 21.1. The number of rotatable bonds is 5. The Morgan fingerprint density at radius 2 is 2.19 bits per heavy atom. The molecule has 0 bridgehead atoms. The summed E-state index contributed by atoms with van der Waals surface area (Å²) in [6.07, 6.45) is -0.634. The second-order valence-corrected chi connectivity index (χ2v) is 6.59. The third-order valence-electron chi connectivity index (χ3n) is 2.74. The number of thioether (sulfide) groups is 1. The van der Waals surface area contributed by atoms with Crippen LogP contribution < -0.4 is 0 Å². The van der Waals surface area contributed by atoms with Crippen LogP contribution in [0.25, 0.3) is 10.8 Å². The summed E-state index contributed by atoms with van der Waals surface area (Å²) in [4.78, 5) is 0.935. The predicted octanol–water partition coefficient (Wildman–Crippen LogP) is 4.28. The molecule has 7 heteroatoms. The van der Waals surface area contributed by atoms with E-state index in [4.69, 9.17) is 16.0 Å². The number of benzene rings is 1. The lowest BCUT2D eigenvalue weighted by molar-refractivity contribution is 0.204. The molecule has 4 nitrogen and oxygen atoms in total. The summed E-state index contributed by atoms with van der Waals surface area (Å²) >= 11 is 8.77. The van der Waals surface area contributed by atoms with E-state index in [0.717, 1.165) is 10.4 Å². The fourth-order valence-electron chi connectivity index (χ4n) is 1.73. The lowest BCUT2D eigenvalue weighted by atomic mass is 10.1. The van der Waals surface area contributed by atoms with Crippen LogP contribution in [0.2, 0.25) is 5.02 Å². The van der Waals surface area contributed by atoms with Crippen LogP contribution in [-0.2, 0) is 0 Å². The van der Waals surface area contributed by atoms with E-state index in [-0.39, 0.29) is 0 Å². The van der Waals surface area contributed by atoms with E-state index in [1.807, 2.05) is 29.6 Å². The molecule has 0 fully saturated rings. The van der Waals surface area contributed by atoms with E-state index >= 15 is 0 Å². The molecule has 1 aromatic carbocycles. The number of aliphatic hydroxyl groups excluding tert-OH is 1. The van der Waals surface area contributed by atoms with Crippen LogP contribution in [0.5, 0.6) is 0 Å². The Morgan fingerprint density at radius 3 is 2.95 bits per heavy atom. The minimum absolute atomic E-state index is 0.423. The van der Waals surface area contributed by atoms with Crippen molar-refractivity contribution in [3.63, 3.8) is 0 Å². The molecule has 0 aliphatic heterocycles. The van der Waals surface area contributed by atoms with E-state index in [1.54, 1.807) is 23.5 Å². The molecular weight excluding hydrogens is 328 g/mol. The first-order valence-electron chi connectivity index (χ1n) is 6.16. The molecule has 1 atom stereocenters. The van der Waals surface area contributed by atoms with E-state index in [1.165, 1.54) is 11.8 Å². The quantitative estimate of drug-likeness (QED) is 0.704. The van der Waals surface area contributed by atoms with Gasteiger partial charge >= 0.3 is 0 Å². The van der Waals surface area contributed by atoms with E-state index in [2.05, 4.69) is 10.2 Å². The number of aromatic nitrogens is 2. The largest absolute Gasteiger partial charge is 0.410 e. The van der Waals surface area contributed by atoms with Gasteiger partial charge in [0, 0.05) is 10.8 Å². The minimum Gasteiger partial charge on any atom is -0.410 e. The Hall–Kier alpha value is -1.34. The average molecular weight is 339 g/mol. The minimum atomic E-state index is -0.634. The van der Waals surface area contributed by atoms with Crippen LogP contribution >= 0.6 is 34.7 Å². The predicted molar refractivity (Wildman–Crippen MR) is 84.7 cm³/mol. The van der Waals surface area contributed by atoms with Crippen molar-refractivity contribution in [1.82, 2.24) is 10.2 Å². The lowest BCUT2D eigenvalue weighted by Gasteiger charge is -2.09. The Labute approximate surface area is 134 Å². The SMILES string of the molecule is OC(CSc1nnc(-c2cccs2)o1)c1cccc(Cl)c1. The third-order valence-corrected chi connectivity index (χ3v) is 4.72.